The van der Waals surface area contributed by atoms with Gasteiger partial charge in [0.25, 0.3) is 11.8 Å². The van der Waals surface area contributed by atoms with Crippen LogP contribution in [-0.4, -0.2) is 58.7 Å². The molecule has 2 aromatic rings. The zero-order chi connectivity index (χ0) is 19.2. The van der Waals surface area contributed by atoms with Gasteiger partial charge in [-0.15, -0.1) is 0 Å². The van der Waals surface area contributed by atoms with Crippen LogP contribution in [-0.2, 0) is 11.3 Å². The van der Waals surface area contributed by atoms with Gasteiger partial charge in [-0.25, -0.2) is 0 Å². The summed E-state index contributed by atoms with van der Waals surface area (Å²) in [4.78, 5) is 43.9. The third-order valence-corrected chi connectivity index (χ3v) is 4.59. The average molecular weight is 366 g/mol. The largest absolute Gasteiger partial charge is 0.348 e. The molecule has 27 heavy (non-hydrogen) atoms. The Kier molecular flexibility index (Phi) is 5.80. The van der Waals surface area contributed by atoms with Gasteiger partial charge in [0.2, 0.25) is 5.91 Å². The number of nitrogens with zero attached hydrogens (tertiary/aromatic N) is 3. The second-order valence-electron chi connectivity index (χ2n) is 6.42. The maximum Gasteiger partial charge on any atom is 0.253 e. The summed E-state index contributed by atoms with van der Waals surface area (Å²) in [6.45, 7) is 3.99. The standard InChI is InChI=1S/C20H22N4O3/c1-15(25)23-9-11-24(12-10-23)20(27)18-4-2-3-17(13-18)19(26)22-14-16-5-7-21-8-6-16/h2-8,13H,9-12,14H2,1H3,(H,22,26). The molecule has 0 spiro atoms. The Balaban J connectivity index is 1.62. The average Bonchev–Trinajstić information content (AvgIpc) is 2.72. The molecule has 3 rings (SSSR count). The number of benzene rings is 1. The number of piperazine rings is 1. The summed E-state index contributed by atoms with van der Waals surface area (Å²) in [5, 5.41) is 2.84. The van der Waals surface area contributed by atoms with Crippen molar-refractivity contribution in [3.8, 4) is 0 Å². The number of pyridine rings is 1. The maximum atomic E-state index is 12.7. The molecule has 0 atom stereocenters. The molecule has 1 aromatic heterocycles. The summed E-state index contributed by atoms with van der Waals surface area (Å²) < 4.78 is 0. The van der Waals surface area contributed by atoms with E-state index in [0.29, 0.717) is 43.9 Å². The number of hydrogen-bond acceptors (Lipinski definition) is 4. The Labute approximate surface area is 158 Å². The third-order valence-electron chi connectivity index (χ3n) is 4.59. The lowest BCUT2D eigenvalue weighted by Gasteiger charge is -2.34. The molecule has 7 heteroatoms. The SMILES string of the molecule is CC(=O)N1CCN(C(=O)c2cccc(C(=O)NCc3ccncc3)c2)CC1. The molecule has 1 aliphatic rings. The van der Waals surface area contributed by atoms with Crippen LogP contribution in [0.15, 0.2) is 48.8 Å². The van der Waals surface area contributed by atoms with E-state index < -0.39 is 0 Å². The van der Waals surface area contributed by atoms with Crippen LogP contribution in [0.4, 0.5) is 0 Å². The van der Waals surface area contributed by atoms with Crippen molar-refractivity contribution in [1.82, 2.24) is 20.1 Å². The molecule has 0 unspecified atom stereocenters. The topological polar surface area (TPSA) is 82.6 Å². The monoisotopic (exact) mass is 366 g/mol. The van der Waals surface area contributed by atoms with Gasteiger partial charge in [0, 0.05) is 63.2 Å². The van der Waals surface area contributed by atoms with Crippen molar-refractivity contribution in [2.75, 3.05) is 26.2 Å². The predicted molar refractivity (Wildman–Crippen MR) is 100 cm³/mol. The lowest BCUT2D eigenvalue weighted by molar-refractivity contribution is -0.130. The molecule has 3 amide bonds. The first kappa shape index (κ1) is 18.6. The Morgan fingerprint density at radius 1 is 0.963 bits per heavy atom. The summed E-state index contributed by atoms with van der Waals surface area (Å²) in [6.07, 6.45) is 3.35. The van der Waals surface area contributed by atoms with Crippen molar-refractivity contribution >= 4 is 17.7 Å². The number of nitrogens with one attached hydrogen (secondary N) is 1. The minimum Gasteiger partial charge on any atom is -0.348 e. The van der Waals surface area contributed by atoms with Gasteiger partial charge in [-0.3, -0.25) is 19.4 Å². The van der Waals surface area contributed by atoms with Crippen molar-refractivity contribution < 1.29 is 14.4 Å². The summed E-state index contributed by atoms with van der Waals surface area (Å²) >= 11 is 0. The Morgan fingerprint density at radius 2 is 1.59 bits per heavy atom. The van der Waals surface area contributed by atoms with E-state index >= 15 is 0 Å². The van der Waals surface area contributed by atoms with Crippen molar-refractivity contribution in [1.29, 1.82) is 0 Å². The quantitative estimate of drug-likeness (QED) is 0.885. The van der Waals surface area contributed by atoms with Gasteiger partial charge in [-0.05, 0) is 35.9 Å². The van der Waals surface area contributed by atoms with E-state index in [-0.39, 0.29) is 17.7 Å². The second-order valence-corrected chi connectivity index (χ2v) is 6.42. The van der Waals surface area contributed by atoms with E-state index in [1.807, 2.05) is 12.1 Å². The molecule has 0 radical (unpaired) electrons. The molecule has 7 nitrogen and oxygen atoms in total. The molecule has 1 N–H and O–H groups in total. The lowest BCUT2D eigenvalue weighted by Crippen LogP contribution is -2.50. The smallest absolute Gasteiger partial charge is 0.253 e. The third kappa shape index (κ3) is 4.69. The fourth-order valence-corrected chi connectivity index (χ4v) is 2.99. The minimum atomic E-state index is -0.233. The molecule has 0 saturated carbocycles. The molecule has 1 aliphatic heterocycles. The summed E-state index contributed by atoms with van der Waals surface area (Å²) in [6, 6.07) is 10.4. The van der Waals surface area contributed by atoms with Crippen LogP contribution in [0.3, 0.4) is 0 Å². The van der Waals surface area contributed by atoms with Gasteiger partial charge in [0.05, 0.1) is 0 Å². The molecule has 0 bridgehead atoms. The first-order chi connectivity index (χ1) is 13.0. The van der Waals surface area contributed by atoms with Gasteiger partial charge in [0.15, 0.2) is 0 Å². The fraction of sp³-hybridized carbons (Fsp3) is 0.300. The number of rotatable bonds is 4. The molecular weight excluding hydrogens is 344 g/mol. The van der Waals surface area contributed by atoms with Crippen LogP contribution in [0.5, 0.6) is 0 Å². The van der Waals surface area contributed by atoms with Crippen molar-refractivity contribution in [2.45, 2.75) is 13.5 Å². The van der Waals surface area contributed by atoms with Crippen LogP contribution in [0.2, 0.25) is 0 Å². The minimum absolute atomic E-state index is 0.0231. The zero-order valence-electron chi connectivity index (χ0n) is 15.2. The highest BCUT2D eigenvalue weighted by Crippen LogP contribution is 2.12. The normalized spacial score (nSPS) is 14.0. The Bertz CT molecular complexity index is 830. The second kappa shape index (κ2) is 8.44. The first-order valence-corrected chi connectivity index (χ1v) is 8.86. The highest BCUT2D eigenvalue weighted by molar-refractivity contribution is 5.99. The number of hydrogen-bond donors (Lipinski definition) is 1. The van der Waals surface area contributed by atoms with Gasteiger partial charge in [0.1, 0.15) is 0 Å². The zero-order valence-corrected chi connectivity index (χ0v) is 15.2. The van der Waals surface area contributed by atoms with Gasteiger partial charge < -0.3 is 15.1 Å². The number of carbonyl (C=O) groups is 3. The van der Waals surface area contributed by atoms with E-state index in [2.05, 4.69) is 10.3 Å². The number of amides is 3. The molecule has 1 saturated heterocycles. The van der Waals surface area contributed by atoms with Crippen LogP contribution >= 0.6 is 0 Å². The molecule has 140 valence electrons. The fourth-order valence-electron chi connectivity index (χ4n) is 2.99. The maximum absolute atomic E-state index is 12.7. The Hall–Kier alpha value is -3.22. The summed E-state index contributed by atoms with van der Waals surface area (Å²) in [5.74, 6) is -0.334. The summed E-state index contributed by atoms with van der Waals surface area (Å²) in [7, 11) is 0. The van der Waals surface area contributed by atoms with Crippen LogP contribution in [0, 0.1) is 0 Å². The first-order valence-electron chi connectivity index (χ1n) is 8.86. The molecule has 1 fully saturated rings. The van der Waals surface area contributed by atoms with E-state index in [4.69, 9.17) is 0 Å². The van der Waals surface area contributed by atoms with Crippen molar-refractivity contribution in [2.24, 2.45) is 0 Å². The van der Waals surface area contributed by atoms with Crippen molar-refractivity contribution in [3.63, 3.8) is 0 Å². The molecular formula is C20H22N4O3. The lowest BCUT2D eigenvalue weighted by atomic mass is 10.1. The van der Waals surface area contributed by atoms with E-state index in [0.717, 1.165) is 5.56 Å². The van der Waals surface area contributed by atoms with Gasteiger partial charge in [-0.1, -0.05) is 6.07 Å². The highest BCUT2D eigenvalue weighted by Gasteiger charge is 2.23. The molecule has 2 heterocycles. The highest BCUT2D eigenvalue weighted by atomic mass is 16.2. The number of aromatic nitrogens is 1. The predicted octanol–water partition coefficient (Wildman–Crippen LogP) is 1.32. The Morgan fingerprint density at radius 3 is 2.26 bits per heavy atom. The van der Waals surface area contributed by atoms with Gasteiger partial charge in [-0.2, -0.15) is 0 Å². The van der Waals surface area contributed by atoms with E-state index in [1.165, 1.54) is 6.92 Å². The van der Waals surface area contributed by atoms with Crippen LogP contribution in [0.25, 0.3) is 0 Å². The van der Waals surface area contributed by atoms with Crippen molar-refractivity contribution in [3.05, 3.63) is 65.5 Å². The summed E-state index contributed by atoms with van der Waals surface area (Å²) in [5.41, 5.74) is 1.87. The number of carbonyl (C=O) groups excluding carboxylic acids is 3. The molecule has 1 aromatic carbocycles. The van der Waals surface area contributed by atoms with Crippen LogP contribution in [0.1, 0.15) is 33.2 Å². The molecule has 0 aliphatic carbocycles. The van der Waals surface area contributed by atoms with E-state index in [1.54, 1.807) is 46.5 Å². The van der Waals surface area contributed by atoms with Crippen LogP contribution < -0.4 is 5.32 Å². The van der Waals surface area contributed by atoms with E-state index in [9.17, 15) is 14.4 Å². The van der Waals surface area contributed by atoms with Gasteiger partial charge >= 0.3 is 0 Å².